The molecule has 94 valence electrons. The van der Waals surface area contributed by atoms with Crippen LogP contribution in [-0.4, -0.2) is 24.8 Å². The van der Waals surface area contributed by atoms with Gasteiger partial charge in [-0.15, -0.1) is 0 Å². The average Bonchev–Trinajstić information content (AvgIpc) is 2.15. The lowest BCUT2D eigenvalue weighted by molar-refractivity contribution is -0.122. The number of carbonyl (C=O) groups excluding carboxylic acids is 1. The molecule has 0 atom stereocenters. The first-order valence-electron chi connectivity index (χ1n) is 4.59. The number of nitrogens with zero attached hydrogens (tertiary/aromatic N) is 1. The number of hydrogen-bond donors (Lipinski definition) is 2. The van der Waals surface area contributed by atoms with Crippen LogP contribution >= 0.6 is 15.9 Å². The van der Waals surface area contributed by atoms with E-state index >= 15 is 0 Å². The van der Waals surface area contributed by atoms with Crippen LogP contribution in [0.2, 0.25) is 0 Å². The monoisotopic (exact) mass is 321 g/mol. The van der Waals surface area contributed by atoms with Crippen molar-refractivity contribution in [1.29, 1.82) is 0 Å². The van der Waals surface area contributed by atoms with Crippen LogP contribution in [0.1, 0.15) is 13.8 Å². The van der Waals surface area contributed by atoms with Crippen LogP contribution in [-0.2, 0) is 14.8 Å². The summed E-state index contributed by atoms with van der Waals surface area (Å²) in [5.74, 6) is -0.760. The second kappa shape index (κ2) is 4.71. The molecule has 1 aromatic heterocycles. The standard InChI is InChI=1S/C9H12BrN3O3S/c1-9(2,8(11)14)13-17(15,16)7-3-6(10)4-12-5-7/h3-5,13H,1-2H3,(H2,11,14). The van der Waals surface area contributed by atoms with E-state index in [9.17, 15) is 13.2 Å². The minimum Gasteiger partial charge on any atom is -0.368 e. The highest BCUT2D eigenvalue weighted by atomic mass is 79.9. The van der Waals surface area contributed by atoms with Crippen molar-refractivity contribution in [2.45, 2.75) is 24.3 Å². The largest absolute Gasteiger partial charge is 0.368 e. The number of primary amides is 1. The Balaban J connectivity index is 3.10. The van der Waals surface area contributed by atoms with Gasteiger partial charge in [-0.25, -0.2) is 8.42 Å². The summed E-state index contributed by atoms with van der Waals surface area (Å²) in [6.45, 7) is 2.77. The molecule has 1 rings (SSSR count). The Labute approximate surface area is 108 Å². The zero-order chi connectivity index (χ0) is 13.3. The van der Waals surface area contributed by atoms with Gasteiger partial charge in [-0.3, -0.25) is 9.78 Å². The first-order valence-corrected chi connectivity index (χ1v) is 6.87. The highest BCUT2D eigenvalue weighted by Gasteiger charge is 2.31. The van der Waals surface area contributed by atoms with Crippen LogP contribution in [0.5, 0.6) is 0 Å². The maximum absolute atomic E-state index is 11.9. The highest BCUT2D eigenvalue weighted by molar-refractivity contribution is 9.10. The number of pyridine rings is 1. The number of nitrogens with one attached hydrogen (secondary N) is 1. The number of hydrogen-bond acceptors (Lipinski definition) is 4. The van der Waals surface area contributed by atoms with Crippen molar-refractivity contribution in [3.8, 4) is 0 Å². The quantitative estimate of drug-likeness (QED) is 0.837. The Kier molecular flexibility index (Phi) is 3.90. The molecule has 6 nitrogen and oxygen atoms in total. The van der Waals surface area contributed by atoms with Gasteiger partial charge in [0.2, 0.25) is 15.9 Å². The maximum atomic E-state index is 11.9. The van der Waals surface area contributed by atoms with Crippen LogP contribution in [0.4, 0.5) is 0 Å². The summed E-state index contributed by atoms with van der Waals surface area (Å²) < 4.78 is 26.6. The molecule has 1 heterocycles. The SMILES string of the molecule is CC(C)(NS(=O)(=O)c1cncc(Br)c1)C(N)=O. The van der Waals surface area contributed by atoms with Gasteiger partial charge in [-0.1, -0.05) is 0 Å². The lowest BCUT2D eigenvalue weighted by atomic mass is 10.1. The van der Waals surface area contributed by atoms with Crippen LogP contribution in [0, 0.1) is 0 Å². The third-order valence-corrected chi connectivity index (χ3v) is 4.05. The zero-order valence-electron chi connectivity index (χ0n) is 9.27. The van der Waals surface area contributed by atoms with Crippen molar-refractivity contribution in [2.75, 3.05) is 0 Å². The lowest BCUT2D eigenvalue weighted by Crippen LogP contribution is -2.52. The van der Waals surface area contributed by atoms with E-state index in [0.717, 1.165) is 0 Å². The van der Waals surface area contributed by atoms with Crippen LogP contribution in [0.25, 0.3) is 0 Å². The lowest BCUT2D eigenvalue weighted by Gasteiger charge is -2.21. The van der Waals surface area contributed by atoms with Gasteiger partial charge in [0.15, 0.2) is 0 Å². The van der Waals surface area contributed by atoms with E-state index in [0.29, 0.717) is 4.47 Å². The molecule has 0 bridgehead atoms. The van der Waals surface area contributed by atoms with E-state index in [1.165, 1.54) is 32.3 Å². The number of aromatic nitrogens is 1. The molecule has 0 saturated heterocycles. The van der Waals surface area contributed by atoms with Crippen LogP contribution < -0.4 is 10.5 Å². The Morgan fingerprint density at radius 3 is 2.53 bits per heavy atom. The molecule has 8 heteroatoms. The third-order valence-electron chi connectivity index (χ3n) is 2.00. The molecule has 0 saturated carbocycles. The number of halogens is 1. The third kappa shape index (κ3) is 3.48. The van der Waals surface area contributed by atoms with Gasteiger partial charge in [-0.2, -0.15) is 4.72 Å². The molecular weight excluding hydrogens is 310 g/mol. The van der Waals surface area contributed by atoms with E-state index in [1.54, 1.807) is 0 Å². The maximum Gasteiger partial charge on any atom is 0.243 e. The Morgan fingerprint density at radius 1 is 1.47 bits per heavy atom. The van der Waals surface area contributed by atoms with Gasteiger partial charge in [0.25, 0.3) is 0 Å². The molecule has 0 spiro atoms. The molecule has 0 radical (unpaired) electrons. The number of carbonyl (C=O) groups is 1. The Morgan fingerprint density at radius 2 is 2.06 bits per heavy atom. The van der Waals surface area contributed by atoms with Crippen LogP contribution in [0.3, 0.4) is 0 Å². The summed E-state index contributed by atoms with van der Waals surface area (Å²) in [6.07, 6.45) is 2.64. The first kappa shape index (κ1) is 14.1. The second-order valence-electron chi connectivity index (χ2n) is 3.93. The van der Waals surface area contributed by atoms with Gasteiger partial charge >= 0.3 is 0 Å². The predicted octanol–water partition coefficient (Wildman–Crippen LogP) is 0.386. The van der Waals surface area contributed by atoms with E-state index in [-0.39, 0.29) is 4.90 Å². The number of rotatable bonds is 4. The van der Waals surface area contributed by atoms with Crippen molar-refractivity contribution < 1.29 is 13.2 Å². The Hall–Kier alpha value is -0.990. The minimum atomic E-state index is -3.83. The van der Waals surface area contributed by atoms with Gasteiger partial charge in [0, 0.05) is 16.9 Å². The fourth-order valence-electron chi connectivity index (χ4n) is 0.984. The molecule has 0 aliphatic carbocycles. The Bertz CT molecular complexity index is 542. The normalized spacial score (nSPS) is 12.4. The molecule has 0 aliphatic heterocycles. The second-order valence-corrected chi connectivity index (χ2v) is 6.53. The van der Waals surface area contributed by atoms with Gasteiger partial charge in [-0.05, 0) is 35.8 Å². The summed E-state index contributed by atoms with van der Waals surface area (Å²) >= 11 is 3.12. The number of nitrogens with two attached hydrogens (primary N) is 1. The summed E-state index contributed by atoms with van der Waals surface area (Å²) in [5.41, 5.74) is 3.73. The molecule has 0 fully saturated rings. The molecule has 0 unspecified atom stereocenters. The molecule has 3 N–H and O–H groups in total. The fraction of sp³-hybridized carbons (Fsp3) is 0.333. The summed E-state index contributed by atoms with van der Waals surface area (Å²) in [4.78, 5) is 14.8. The van der Waals surface area contributed by atoms with Crippen LogP contribution in [0.15, 0.2) is 27.8 Å². The highest BCUT2D eigenvalue weighted by Crippen LogP contribution is 2.16. The first-order chi connectivity index (χ1) is 7.65. The summed E-state index contributed by atoms with van der Waals surface area (Å²) in [6, 6.07) is 1.38. The molecule has 1 aromatic rings. The van der Waals surface area contributed by atoms with Crippen molar-refractivity contribution >= 4 is 31.9 Å². The van der Waals surface area contributed by atoms with Crippen molar-refractivity contribution in [3.63, 3.8) is 0 Å². The van der Waals surface area contributed by atoms with Gasteiger partial charge < -0.3 is 5.73 Å². The molecule has 17 heavy (non-hydrogen) atoms. The van der Waals surface area contributed by atoms with Crippen molar-refractivity contribution in [1.82, 2.24) is 9.71 Å². The minimum absolute atomic E-state index is 0.0406. The number of amides is 1. The fourth-order valence-corrected chi connectivity index (χ4v) is 2.87. The van der Waals surface area contributed by atoms with E-state index < -0.39 is 21.5 Å². The van der Waals surface area contributed by atoms with Crippen molar-refractivity contribution in [3.05, 3.63) is 22.9 Å². The molecule has 1 amide bonds. The van der Waals surface area contributed by atoms with E-state index in [2.05, 4.69) is 25.6 Å². The smallest absolute Gasteiger partial charge is 0.243 e. The van der Waals surface area contributed by atoms with Crippen molar-refractivity contribution in [2.24, 2.45) is 5.73 Å². The van der Waals surface area contributed by atoms with Gasteiger partial charge in [0.1, 0.15) is 10.4 Å². The average molecular weight is 322 g/mol. The van der Waals surface area contributed by atoms with E-state index in [4.69, 9.17) is 5.73 Å². The molecule has 0 aromatic carbocycles. The topological polar surface area (TPSA) is 102 Å². The predicted molar refractivity (Wildman–Crippen MR) is 65.5 cm³/mol. The molecular formula is C9H12BrN3O3S. The van der Waals surface area contributed by atoms with E-state index in [1.807, 2.05) is 0 Å². The number of sulfonamides is 1. The summed E-state index contributed by atoms with van der Waals surface area (Å²) in [7, 11) is -3.83. The van der Waals surface area contributed by atoms with Gasteiger partial charge in [0.05, 0.1) is 0 Å². The molecule has 0 aliphatic rings. The summed E-state index contributed by atoms with van der Waals surface area (Å²) in [5, 5.41) is 0. The zero-order valence-corrected chi connectivity index (χ0v) is 11.7.